The van der Waals surface area contributed by atoms with Crippen molar-refractivity contribution in [3.05, 3.63) is 89.6 Å². The number of nitrogens with zero attached hydrogens (tertiary/aromatic N) is 2. The number of halogens is 3. The second kappa shape index (κ2) is 8.11. The number of para-hydroxylation sites is 1. The topological polar surface area (TPSA) is 85.5 Å². The lowest BCUT2D eigenvalue weighted by Gasteiger charge is -2.17. The largest absolute Gasteiger partial charge is 0.438 e. The Morgan fingerprint density at radius 3 is 2.17 bits per heavy atom. The SMILES string of the molecule is NN(C(=O)c1ccc(C(F)(F)F)cc1)C(=O)c1cccnc1Oc1ccccc1. The molecular formula is C20H14F3N3O3. The normalized spacial score (nSPS) is 11.0. The molecule has 3 aromatic rings. The Bertz CT molecular complexity index is 1020. The standard InChI is InChI=1S/C20H14F3N3O3/c21-20(22,23)14-10-8-13(9-11-14)18(27)26(24)19(28)16-7-4-12-25-17(16)29-15-5-2-1-3-6-15/h1-12H,24H2. The molecule has 2 N–H and O–H groups in total. The Morgan fingerprint density at radius 1 is 0.897 bits per heavy atom. The molecule has 0 saturated heterocycles. The summed E-state index contributed by atoms with van der Waals surface area (Å²) >= 11 is 0. The van der Waals surface area contributed by atoms with Gasteiger partial charge in [0.2, 0.25) is 5.88 Å². The first-order valence-corrected chi connectivity index (χ1v) is 8.26. The zero-order chi connectivity index (χ0) is 21.0. The minimum atomic E-state index is -4.54. The molecule has 0 aliphatic heterocycles. The average Bonchev–Trinajstić information content (AvgIpc) is 2.73. The summed E-state index contributed by atoms with van der Waals surface area (Å²) in [5, 5.41) is 0.303. The van der Waals surface area contributed by atoms with Crippen LogP contribution in [-0.4, -0.2) is 21.8 Å². The maximum atomic E-state index is 12.7. The molecule has 9 heteroatoms. The lowest BCUT2D eigenvalue weighted by molar-refractivity contribution is -0.137. The van der Waals surface area contributed by atoms with Gasteiger partial charge in [-0.2, -0.15) is 13.2 Å². The van der Waals surface area contributed by atoms with E-state index in [-0.39, 0.29) is 17.0 Å². The summed E-state index contributed by atoms with van der Waals surface area (Å²) in [6, 6.07) is 14.7. The van der Waals surface area contributed by atoms with E-state index in [2.05, 4.69) is 4.98 Å². The zero-order valence-electron chi connectivity index (χ0n) is 14.8. The molecule has 0 atom stereocenters. The van der Waals surface area contributed by atoms with Crippen LogP contribution in [0.1, 0.15) is 26.3 Å². The fourth-order valence-electron chi connectivity index (χ4n) is 2.40. The van der Waals surface area contributed by atoms with Crippen LogP contribution in [0.4, 0.5) is 13.2 Å². The molecule has 0 aliphatic rings. The molecule has 148 valence electrons. The van der Waals surface area contributed by atoms with Gasteiger partial charge in [-0.25, -0.2) is 15.8 Å². The molecule has 3 rings (SSSR count). The van der Waals surface area contributed by atoms with Crippen LogP contribution in [-0.2, 0) is 6.18 Å². The number of hydrazine groups is 1. The number of alkyl halides is 3. The number of hydrogen-bond acceptors (Lipinski definition) is 5. The molecule has 0 saturated carbocycles. The van der Waals surface area contributed by atoms with E-state index < -0.39 is 23.6 Å². The molecule has 0 fully saturated rings. The van der Waals surface area contributed by atoms with Gasteiger partial charge < -0.3 is 4.74 Å². The van der Waals surface area contributed by atoms with Crippen LogP contribution in [0.2, 0.25) is 0 Å². The van der Waals surface area contributed by atoms with Crippen molar-refractivity contribution < 1.29 is 27.5 Å². The van der Waals surface area contributed by atoms with Crippen molar-refractivity contribution in [2.75, 3.05) is 0 Å². The summed E-state index contributed by atoms with van der Waals surface area (Å²) < 4.78 is 43.5. The van der Waals surface area contributed by atoms with Gasteiger partial charge >= 0.3 is 6.18 Å². The number of ether oxygens (including phenoxy) is 1. The summed E-state index contributed by atoms with van der Waals surface area (Å²) in [7, 11) is 0. The monoisotopic (exact) mass is 401 g/mol. The molecule has 0 aliphatic carbocycles. The van der Waals surface area contributed by atoms with Crippen molar-refractivity contribution in [1.29, 1.82) is 0 Å². The van der Waals surface area contributed by atoms with Crippen molar-refractivity contribution in [2.45, 2.75) is 6.18 Å². The summed E-state index contributed by atoms with van der Waals surface area (Å²) in [5.41, 5.74) is -1.18. The number of benzene rings is 2. The molecule has 1 aromatic heterocycles. The highest BCUT2D eigenvalue weighted by Gasteiger charge is 2.31. The van der Waals surface area contributed by atoms with E-state index in [4.69, 9.17) is 10.6 Å². The number of pyridine rings is 1. The van der Waals surface area contributed by atoms with Crippen molar-refractivity contribution in [3.8, 4) is 11.6 Å². The van der Waals surface area contributed by atoms with E-state index in [9.17, 15) is 22.8 Å². The van der Waals surface area contributed by atoms with E-state index in [1.54, 1.807) is 30.3 Å². The number of hydrogen-bond donors (Lipinski definition) is 1. The van der Waals surface area contributed by atoms with Crippen molar-refractivity contribution >= 4 is 11.8 Å². The molecule has 2 aromatic carbocycles. The van der Waals surface area contributed by atoms with E-state index in [1.165, 1.54) is 18.3 Å². The number of imide groups is 1. The van der Waals surface area contributed by atoms with Crippen LogP contribution in [0.3, 0.4) is 0 Å². The third-order valence-electron chi connectivity index (χ3n) is 3.86. The lowest BCUT2D eigenvalue weighted by Crippen LogP contribution is -2.42. The van der Waals surface area contributed by atoms with Crippen LogP contribution in [0, 0.1) is 0 Å². The average molecular weight is 401 g/mol. The fourth-order valence-corrected chi connectivity index (χ4v) is 2.40. The molecule has 1 heterocycles. The Morgan fingerprint density at radius 2 is 1.55 bits per heavy atom. The molecular weight excluding hydrogens is 387 g/mol. The Kier molecular flexibility index (Phi) is 5.60. The molecule has 2 amide bonds. The molecule has 6 nitrogen and oxygen atoms in total. The van der Waals surface area contributed by atoms with E-state index in [1.807, 2.05) is 0 Å². The van der Waals surface area contributed by atoms with Gasteiger partial charge in [0.15, 0.2) is 0 Å². The quantitative estimate of drug-likeness (QED) is 0.309. The molecule has 0 radical (unpaired) electrons. The van der Waals surface area contributed by atoms with E-state index in [0.717, 1.165) is 24.3 Å². The summed E-state index contributed by atoms with van der Waals surface area (Å²) in [4.78, 5) is 29.1. The molecule has 0 unspecified atom stereocenters. The van der Waals surface area contributed by atoms with E-state index >= 15 is 0 Å². The maximum Gasteiger partial charge on any atom is 0.416 e. The predicted molar refractivity (Wildman–Crippen MR) is 96.9 cm³/mol. The van der Waals surface area contributed by atoms with Gasteiger partial charge in [-0.05, 0) is 48.5 Å². The van der Waals surface area contributed by atoms with Gasteiger partial charge in [-0.15, -0.1) is 0 Å². The molecule has 0 bridgehead atoms. The molecule has 29 heavy (non-hydrogen) atoms. The Balaban J connectivity index is 1.82. The highest BCUT2D eigenvalue weighted by atomic mass is 19.4. The fraction of sp³-hybridized carbons (Fsp3) is 0.0500. The second-order valence-electron chi connectivity index (χ2n) is 5.83. The van der Waals surface area contributed by atoms with Crippen LogP contribution in [0.15, 0.2) is 72.9 Å². The zero-order valence-corrected chi connectivity index (χ0v) is 14.8. The molecule has 0 spiro atoms. The minimum absolute atomic E-state index is 0.0700. The summed E-state index contributed by atoms with van der Waals surface area (Å²) in [5.74, 6) is 4.09. The third kappa shape index (κ3) is 4.58. The number of amides is 2. The van der Waals surface area contributed by atoms with Gasteiger partial charge in [0, 0.05) is 11.8 Å². The van der Waals surface area contributed by atoms with Gasteiger partial charge in [0.1, 0.15) is 11.3 Å². The first-order chi connectivity index (χ1) is 13.8. The lowest BCUT2D eigenvalue weighted by atomic mass is 10.1. The van der Waals surface area contributed by atoms with Crippen LogP contribution in [0.5, 0.6) is 11.6 Å². The van der Waals surface area contributed by atoms with Crippen LogP contribution in [0.25, 0.3) is 0 Å². The first kappa shape index (κ1) is 20.0. The highest BCUT2D eigenvalue weighted by Crippen LogP contribution is 2.29. The Hall–Kier alpha value is -3.72. The number of aromatic nitrogens is 1. The van der Waals surface area contributed by atoms with Crippen molar-refractivity contribution in [2.24, 2.45) is 5.84 Å². The number of carbonyl (C=O) groups excluding carboxylic acids is 2. The number of nitrogens with two attached hydrogens (primary N) is 1. The summed E-state index contributed by atoms with van der Waals surface area (Å²) in [6.45, 7) is 0. The van der Waals surface area contributed by atoms with Crippen molar-refractivity contribution in [1.82, 2.24) is 9.99 Å². The predicted octanol–water partition coefficient (Wildman–Crippen LogP) is 4.05. The van der Waals surface area contributed by atoms with E-state index in [0.29, 0.717) is 10.8 Å². The number of rotatable bonds is 4. The van der Waals surface area contributed by atoms with Crippen LogP contribution >= 0.6 is 0 Å². The minimum Gasteiger partial charge on any atom is -0.438 e. The second-order valence-corrected chi connectivity index (χ2v) is 5.83. The third-order valence-corrected chi connectivity index (χ3v) is 3.86. The smallest absolute Gasteiger partial charge is 0.416 e. The summed E-state index contributed by atoms with van der Waals surface area (Å²) in [6.07, 6.45) is -3.15. The first-order valence-electron chi connectivity index (χ1n) is 8.26. The maximum absolute atomic E-state index is 12.7. The highest BCUT2D eigenvalue weighted by molar-refractivity contribution is 6.10. The van der Waals surface area contributed by atoms with Crippen molar-refractivity contribution in [3.63, 3.8) is 0 Å². The number of carbonyl (C=O) groups is 2. The van der Waals surface area contributed by atoms with Gasteiger partial charge in [0.25, 0.3) is 11.8 Å². The van der Waals surface area contributed by atoms with Crippen LogP contribution < -0.4 is 10.6 Å². The van der Waals surface area contributed by atoms with Gasteiger partial charge in [-0.1, -0.05) is 18.2 Å². The van der Waals surface area contributed by atoms with Gasteiger partial charge in [-0.3, -0.25) is 9.59 Å². The van der Waals surface area contributed by atoms with Gasteiger partial charge in [0.05, 0.1) is 5.56 Å². The Labute approximate surface area is 163 Å².